The second-order valence-electron chi connectivity index (χ2n) is 3.36. The van der Waals surface area contributed by atoms with Gasteiger partial charge >= 0.3 is 0 Å². The van der Waals surface area contributed by atoms with Gasteiger partial charge in [-0.15, -0.1) is 0 Å². The number of rotatable bonds is 6. The van der Waals surface area contributed by atoms with Crippen LogP contribution in [-0.2, 0) is 0 Å². The largest absolute Gasteiger partial charge is 0.370 e. The lowest BCUT2D eigenvalue weighted by Gasteiger charge is -2.08. The molecule has 88 valence electrons. The molecule has 0 amide bonds. The molecule has 0 aliphatic heterocycles. The molecule has 0 spiro atoms. The van der Waals surface area contributed by atoms with Crippen LogP contribution in [0, 0.1) is 5.41 Å². The molecule has 0 aromatic rings. The van der Waals surface area contributed by atoms with E-state index in [0.29, 0.717) is 5.96 Å². The fourth-order valence-corrected chi connectivity index (χ4v) is 1.16. The molecule has 0 aromatic heterocycles. The lowest BCUT2D eigenvalue weighted by molar-refractivity contribution is 0.672. The SMILES string of the molecule is CCCCCC/N=C(/NCC)NC(=N)N. The third kappa shape index (κ3) is 9.05. The van der Waals surface area contributed by atoms with Gasteiger partial charge in [-0.05, 0) is 13.3 Å². The van der Waals surface area contributed by atoms with Gasteiger partial charge in [0.25, 0.3) is 0 Å². The predicted octanol–water partition coefficient (Wildman–Crippen LogP) is 1.02. The van der Waals surface area contributed by atoms with Gasteiger partial charge in [0.1, 0.15) is 0 Å². The normalized spacial score (nSPS) is 11.2. The zero-order valence-corrected chi connectivity index (χ0v) is 9.77. The molecular formula is C10H23N5. The van der Waals surface area contributed by atoms with Crippen molar-refractivity contribution < 1.29 is 0 Å². The first-order valence-corrected chi connectivity index (χ1v) is 5.60. The van der Waals surface area contributed by atoms with E-state index in [0.717, 1.165) is 19.5 Å². The maximum atomic E-state index is 7.10. The van der Waals surface area contributed by atoms with Crippen LogP contribution in [0.1, 0.15) is 39.5 Å². The molecule has 0 saturated heterocycles. The number of aliphatic imine (C=N–C) groups is 1. The topological polar surface area (TPSA) is 86.3 Å². The highest BCUT2D eigenvalue weighted by Crippen LogP contribution is 1.98. The van der Waals surface area contributed by atoms with Crippen LogP contribution in [0.3, 0.4) is 0 Å². The third-order valence-corrected chi connectivity index (χ3v) is 1.88. The zero-order valence-electron chi connectivity index (χ0n) is 9.77. The smallest absolute Gasteiger partial charge is 0.198 e. The van der Waals surface area contributed by atoms with Gasteiger partial charge < -0.3 is 11.1 Å². The van der Waals surface area contributed by atoms with Gasteiger partial charge in [0, 0.05) is 13.1 Å². The molecule has 0 bridgehead atoms. The van der Waals surface area contributed by atoms with Crippen molar-refractivity contribution in [3.05, 3.63) is 0 Å². The summed E-state index contributed by atoms with van der Waals surface area (Å²) in [4.78, 5) is 4.30. The lowest BCUT2D eigenvalue weighted by Crippen LogP contribution is -2.44. The van der Waals surface area contributed by atoms with Crippen molar-refractivity contribution in [3.8, 4) is 0 Å². The van der Waals surface area contributed by atoms with Crippen molar-refractivity contribution in [2.75, 3.05) is 13.1 Å². The first-order chi connectivity index (χ1) is 7.20. The van der Waals surface area contributed by atoms with Gasteiger partial charge in [-0.2, -0.15) is 0 Å². The average Bonchev–Trinajstić information content (AvgIpc) is 2.17. The fourth-order valence-electron chi connectivity index (χ4n) is 1.16. The Hall–Kier alpha value is -1.26. The van der Waals surface area contributed by atoms with E-state index in [2.05, 4.69) is 22.5 Å². The summed E-state index contributed by atoms with van der Waals surface area (Å²) in [6.45, 7) is 5.72. The van der Waals surface area contributed by atoms with Crippen LogP contribution in [0.2, 0.25) is 0 Å². The standard InChI is InChI=1S/C10H23N5/c1-3-5-6-7-8-14-10(13-4-2)15-9(11)12/h3-8H2,1-2H3,(H5,11,12,13,14,15). The molecule has 5 heteroatoms. The minimum absolute atomic E-state index is 0.0803. The summed E-state index contributed by atoms with van der Waals surface area (Å²) in [5.41, 5.74) is 5.23. The van der Waals surface area contributed by atoms with Crippen LogP contribution < -0.4 is 16.4 Å². The van der Waals surface area contributed by atoms with E-state index in [4.69, 9.17) is 11.1 Å². The molecule has 0 unspecified atom stereocenters. The minimum Gasteiger partial charge on any atom is -0.370 e. The highest BCUT2D eigenvalue weighted by atomic mass is 15.2. The summed E-state index contributed by atoms with van der Waals surface area (Å²) in [5, 5.41) is 12.8. The van der Waals surface area contributed by atoms with E-state index in [1.165, 1.54) is 19.3 Å². The van der Waals surface area contributed by atoms with Gasteiger partial charge in [-0.1, -0.05) is 26.2 Å². The molecule has 0 aliphatic carbocycles. The maximum absolute atomic E-state index is 7.10. The molecule has 0 atom stereocenters. The molecule has 0 heterocycles. The van der Waals surface area contributed by atoms with Crippen molar-refractivity contribution in [1.82, 2.24) is 10.6 Å². The predicted molar refractivity (Wildman–Crippen MR) is 65.2 cm³/mol. The van der Waals surface area contributed by atoms with Crippen LogP contribution in [0.25, 0.3) is 0 Å². The van der Waals surface area contributed by atoms with Gasteiger partial charge in [0.2, 0.25) is 0 Å². The number of unbranched alkanes of at least 4 members (excludes halogenated alkanes) is 3. The van der Waals surface area contributed by atoms with Gasteiger partial charge in [0.15, 0.2) is 11.9 Å². The molecule has 5 nitrogen and oxygen atoms in total. The van der Waals surface area contributed by atoms with E-state index in [1.54, 1.807) is 0 Å². The summed E-state index contributed by atoms with van der Waals surface area (Å²) < 4.78 is 0. The fraction of sp³-hybridized carbons (Fsp3) is 0.800. The molecule has 0 aromatic carbocycles. The lowest BCUT2D eigenvalue weighted by atomic mass is 10.2. The Labute approximate surface area is 92.0 Å². The van der Waals surface area contributed by atoms with E-state index in [1.807, 2.05) is 6.92 Å². The van der Waals surface area contributed by atoms with Gasteiger partial charge in [-0.25, -0.2) is 0 Å². The summed E-state index contributed by atoms with van der Waals surface area (Å²) >= 11 is 0. The number of nitrogens with zero attached hydrogens (tertiary/aromatic N) is 1. The highest BCUT2D eigenvalue weighted by molar-refractivity contribution is 5.96. The number of guanidine groups is 2. The maximum Gasteiger partial charge on any atom is 0.198 e. The molecule has 5 N–H and O–H groups in total. The Kier molecular flexibility index (Phi) is 8.52. The Morgan fingerprint density at radius 2 is 2.00 bits per heavy atom. The second kappa shape index (κ2) is 9.30. The van der Waals surface area contributed by atoms with Crippen molar-refractivity contribution in [2.45, 2.75) is 39.5 Å². The molecule has 0 rings (SSSR count). The van der Waals surface area contributed by atoms with Gasteiger partial charge in [0.05, 0.1) is 0 Å². The van der Waals surface area contributed by atoms with E-state index < -0.39 is 0 Å². The molecule has 0 radical (unpaired) electrons. The van der Waals surface area contributed by atoms with Crippen LogP contribution in [-0.4, -0.2) is 25.0 Å². The number of nitrogens with one attached hydrogen (secondary N) is 3. The average molecular weight is 213 g/mol. The quantitative estimate of drug-likeness (QED) is 0.302. The van der Waals surface area contributed by atoms with Crippen LogP contribution in [0.15, 0.2) is 4.99 Å². The van der Waals surface area contributed by atoms with E-state index in [9.17, 15) is 0 Å². The molecule has 15 heavy (non-hydrogen) atoms. The zero-order chi connectivity index (χ0) is 11.5. The summed E-state index contributed by atoms with van der Waals surface area (Å²) in [6.07, 6.45) is 4.78. The third-order valence-electron chi connectivity index (χ3n) is 1.88. The van der Waals surface area contributed by atoms with E-state index in [-0.39, 0.29) is 5.96 Å². The molecular weight excluding hydrogens is 190 g/mol. The highest BCUT2D eigenvalue weighted by Gasteiger charge is 1.96. The summed E-state index contributed by atoms with van der Waals surface area (Å²) in [6, 6.07) is 0. The Bertz CT molecular complexity index is 200. The number of hydrogen-bond acceptors (Lipinski definition) is 2. The van der Waals surface area contributed by atoms with Crippen LogP contribution in [0.4, 0.5) is 0 Å². The summed E-state index contributed by atoms with van der Waals surface area (Å²) in [7, 11) is 0. The van der Waals surface area contributed by atoms with Crippen molar-refractivity contribution in [1.29, 1.82) is 5.41 Å². The van der Waals surface area contributed by atoms with Crippen molar-refractivity contribution >= 4 is 11.9 Å². The Morgan fingerprint density at radius 3 is 2.53 bits per heavy atom. The molecule has 0 fully saturated rings. The first-order valence-electron chi connectivity index (χ1n) is 5.60. The van der Waals surface area contributed by atoms with Crippen molar-refractivity contribution in [3.63, 3.8) is 0 Å². The van der Waals surface area contributed by atoms with E-state index >= 15 is 0 Å². The Morgan fingerprint density at radius 1 is 1.27 bits per heavy atom. The van der Waals surface area contributed by atoms with Crippen LogP contribution >= 0.6 is 0 Å². The number of nitrogens with two attached hydrogens (primary N) is 1. The van der Waals surface area contributed by atoms with Crippen LogP contribution in [0.5, 0.6) is 0 Å². The first kappa shape index (κ1) is 13.7. The monoisotopic (exact) mass is 213 g/mol. The van der Waals surface area contributed by atoms with Gasteiger partial charge in [-0.3, -0.25) is 15.7 Å². The summed E-state index contributed by atoms with van der Waals surface area (Å²) in [5.74, 6) is 0.518. The van der Waals surface area contributed by atoms with Crippen molar-refractivity contribution in [2.24, 2.45) is 10.7 Å². The molecule has 0 aliphatic rings. The number of hydrogen-bond donors (Lipinski definition) is 4. The Balaban J connectivity index is 3.78. The molecule has 0 saturated carbocycles. The minimum atomic E-state index is -0.0803. The second-order valence-corrected chi connectivity index (χ2v) is 3.36.